The zero-order chi connectivity index (χ0) is 16.8. The smallest absolute Gasteiger partial charge is 0.272 e. The molecule has 7 nitrogen and oxygen atoms in total. The van der Waals surface area contributed by atoms with Gasteiger partial charge in [0, 0.05) is 32.6 Å². The van der Waals surface area contributed by atoms with Crippen LogP contribution in [-0.4, -0.2) is 64.2 Å². The van der Waals surface area contributed by atoms with Crippen LogP contribution in [0.15, 0.2) is 17.2 Å². The van der Waals surface area contributed by atoms with Crippen molar-refractivity contribution in [3.8, 4) is 0 Å². The molecule has 0 radical (unpaired) electrons. The Hall–Kier alpha value is -2.32. The molecule has 0 aromatic carbocycles. The van der Waals surface area contributed by atoms with Gasteiger partial charge in [-0.1, -0.05) is 0 Å². The van der Waals surface area contributed by atoms with Gasteiger partial charge in [-0.2, -0.15) is 0 Å². The van der Waals surface area contributed by atoms with Gasteiger partial charge in [0.05, 0.1) is 18.3 Å². The van der Waals surface area contributed by atoms with Crippen LogP contribution in [0.2, 0.25) is 0 Å². The van der Waals surface area contributed by atoms with Gasteiger partial charge in [-0.25, -0.2) is 13.8 Å². The van der Waals surface area contributed by atoms with E-state index in [9.17, 15) is 23.2 Å². The Morgan fingerprint density at radius 2 is 2.09 bits per heavy atom. The first-order valence-electron chi connectivity index (χ1n) is 7.20. The first kappa shape index (κ1) is 15.6. The highest BCUT2D eigenvalue weighted by atomic mass is 19.3. The summed E-state index contributed by atoms with van der Waals surface area (Å²) < 4.78 is 28.3. The van der Waals surface area contributed by atoms with Crippen molar-refractivity contribution in [3.05, 3.63) is 28.4 Å². The maximum atomic E-state index is 14.2. The number of aromatic amines is 1. The second-order valence-electron chi connectivity index (χ2n) is 6.25. The average Bonchev–Trinajstić information content (AvgIpc) is 2.73. The van der Waals surface area contributed by atoms with Crippen LogP contribution in [-0.2, 0) is 4.79 Å². The molecule has 1 N–H and O–H groups in total. The van der Waals surface area contributed by atoms with Crippen LogP contribution in [0.4, 0.5) is 8.78 Å². The molecule has 23 heavy (non-hydrogen) atoms. The van der Waals surface area contributed by atoms with Gasteiger partial charge in [-0.3, -0.25) is 14.4 Å². The van der Waals surface area contributed by atoms with Crippen molar-refractivity contribution in [1.29, 1.82) is 0 Å². The van der Waals surface area contributed by atoms with E-state index >= 15 is 0 Å². The molecule has 2 saturated heterocycles. The lowest BCUT2D eigenvalue weighted by atomic mass is 9.77. The quantitative estimate of drug-likeness (QED) is 0.793. The molecule has 0 bridgehead atoms. The van der Waals surface area contributed by atoms with Gasteiger partial charge >= 0.3 is 0 Å². The van der Waals surface area contributed by atoms with E-state index in [4.69, 9.17) is 0 Å². The summed E-state index contributed by atoms with van der Waals surface area (Å²) in [6.07, 6.45) is 0.766. The van der Waals surface area contributed by atoms with Crippen molar-refractivity contribution < 1.29 is 18.4 Å². The van der Waals surface area contributed by atoms with E-state index in [-0.39, 0.29) is 24.6 Å². The third-order valence-electron chi connectivity index (χ3n) is 4.42. The normalized spacial score (nSPS) is 26.8. The van der Waals surface area contributed by atoms with Gasteiger partial charge in [0.25, 0.3) is 17.4 Å². The molecule has 1 aromatic rings. The Labute approximate surface area is 130 Å². The number of hydrogen-bond acceptors (Lipinski definition) is 4. The van der Waals surface area contributed by atoms with Crippen LogP contribution in [0.1, 0.15) is 23.3 Å². The predicted molar refractivity (Wildman–Crippen MR) is 75.0 cm³/mol. The molecule has 1 unspecified atom stereocenters. The monoisotopic (exact) mass is 326 g/mol. The van der Waals surface area contributed by atoms with E-state index in [1.165, 1.54) is 4.90 Å². The third kappa shape index (κ3) is 2.71. The van der Waals surface area contributed by atoms with Crippen LogP contribution >= 0.6 is 0 Å². The Kier molecular flexibility index (Phi) is 3.46. The summed E-state index contributed by atoms with van der Waals surface area (Å²) in [7, 11) is 1.56. The topological polar surface area (TPSA) is 86.4 Å². The third-order valence-corrected chi connectivity index (χ3v) is 4.42. The van der Waals surface area contributed by atoms with Crippen molar-refractivity contribution >= 4 is 11.8 Å². The highest BCUT2D eigenvalue weighted by molar-refractivity contribution is 5.93. The number of likely N-dealkylation sites (tertiary alicyclic amines) is 2. The highest BCUT2D eigenvalue weighted by Gasteiger charge is 2.57. The van der Waals surface area contributed by atoms with Crippen molar-refractivity contribution in [3.63, 3.8) is 0 Å². The second-order valence-corrected chi connectivity index (χ2v) is 6.25. The number of aromatic nitrogens is 2. The average molecular weight is 326 g/mol. The molecule has 2 aliphatic rings. The van der Waals surface area contributed by atoms with E-state index < -0.39 is 35.8 Å². The first-order chi connectivity index (χ1) is 10.7. The maximum absolute atomic E-state index is 14.2. The van der Waals surface area contributed by atoms with Crippen LogP contribution in [0, 0.1) is 5.41 Å². The summed E-state index contributed by atoms with van der Waals surface area (Å²) in [5.41, 5.74) is -2.01. The number of hydrogen-bond donors (Lipinski definition) is 1. The number of nitrogens with one attached hydrogen (secondary N) is 1. The number of halogens is 2. The molecule has 1 atom stereocenters. The van der Waals surface area contributed by atoms with Crippen LogP contribution < -0.4 is 5.56 Å². The minimum Gasteiger partial charge on any atom is -0.345 e. The fourth-order valence-corrected chi connectivity index (χ4v) is 3.40. The Bertz CT molecular complexity index is 720. The van der Waals surface area contributed by atoms with E-state index in [2.05, 4.69) is 9.97 Å². The number of H-pyrrole nitrogens is 1. The van der Waals surface area contributed by atoms with E-state index in [0.717, 1.165) is 17.3 Å². The minimum absolute atomic E-state index is 0.0843. The van der Waals surface area contributed by atoms with Gasteiger partial charge in [0.2, 0.25) is 5.91 Å². The Balaban J connectivity index is 1.92. The lowest BCUT2D eigenvalue weighted by Gasteiger charge is -2.42. The highest BCUT2D eigenvalue weighted by Crippen LogP contribution is 2.45. The summed E-state index contributed by atoms with van der Waals surface area (Å²) in [5, 5.41) is 0. The predicted octanol–water partition coefficient (Wildman–Crippen LogP) is 0.0996. The molecule has 3 heterocycles. The van der Waals surface area contributed by atoms with E-state index in [1.54, 1.807) is 7.05 Å². The largest absolute Gasteiger partial charge is 0.345 e. The first-order valence-corrected chi connectivity index (χ1v) is 7.20. The Morgan fingerprint density at radius 1 is 1.35 bits per heavy atom. The number of carbonyl (C=O) groups excluding carboxylic acids is 2. The van der Waals surface area contributed by atoms with Crippen LogP contribution in [0.25, 0.3) is 0 Å². The van der Waals surface area contributed by atoms with Crippen LogP contribution in [0.5, 0.6) is 0 Å². The molecule has 0 aliphatic carbocycles. The summed E-state index contributed by atoms with van der Waals surface area (Å²) in [6, 6.07) is 0.963. The molecule has 1 aromatic heterocycles. The number of piperidine rings is 1. The second kappa shape index (κ2) is 5.10. The summed E-state index contributed by atoms with van der Waals surface area (Å²) >= 11 is 0. The maximum Gasteiger partial charge on any atom is 0.272 e. The molecule has 2 aliphatic heterocycles. The molecule has 2 amide bonds. The van der Waals surface area contributed by atoms with Crippen molar-refractivity contribution in [1.82, 2.24) is 19.8 Å². The fourth-order valence-electron chi connectivity index (χ4n) is 3.40. The molecule has 1 spiro atoms. The van der Waals surface area contributed by atoms with Gasteiger partial charge in [0.1, 0.15) is 5.69 Å². The van der Waals surface area contributed by atoms with Crippen LogP contribution in [0.3, 0.4) is 0 Å². The van der Waals surface area contributed by atoms with Crippen molar-refractivity contribution in [2.45, 2.75) is 18.8 Å². The molecular formula is C14H16F2N4O3. The van der Waals surface area contributed by atoms with Gasteiger partial charge in [-0.15, -0.1) is 0 Å². The molecule has 9 heteroatoms. The number of carbonyl (C=O) groups is 2. The standard InChI is InChI=1S/C14H16F2N4O3/c1-19-3-2-13(12(19)23)5-14(15,16)7-20(6-13)11(22)9-4-10(21)18-8-17-9/h4,8H,2-3,5-7H2,1H3,(H,17,18,21). The SMILES string of the molecule is CN1CCC2(CN(C(=O)c3cc(=O)[nH]cn3)CC(F)(F)C2)C1=O. The molecule has 0 saturated carbocycles. The molecular weight excluding hydrogens is 310 g/mol. The number of alkyl halides is 2. The van der Waals surface area contributed by atoms with E-state index in [1.807, 2.05) is 0 Å². The number of amides is 2. The fraction of sp³-hybridized carbons (Fsp3) is 0.571. The number of nitrogens with zero attached hydrogens (tertiary/aromatic N) is 3. The Morgan fingerprint density at radius 3 is 2.70 bits per heavy atom. The summed E-state index contributed by atoms with van der Waals surface area (Å²) in [4.78, 5) is 44.3. The van der Waals surface area contributed by atoms with Crippen molar-refractivity contribution in [2.75, 3.05) is 26.7 Å². The lowest BCUT2D eigenvalue weighted by molar-refractivity contribution is -0.150. The molecule has 2 fully saturated rings. The lowest BCUT2D eigenvalue weighted by Crippen LogP contribution is -2.57. The minimum atomic E-state index is -3.16. The zero-order valence-electron chi connectivity index (χ0n) is 12.5. The van der Waals surface area contributed by atoms with Gasteiger partial charge < -0.3 is 14.8 Å². The molecule has 124 valence electrons. The zero-order valence-corrected chi connectivity index (χ0v) is 12.5. The summed E-state index contributed by atoms with van der Waals surface area (Å²) in [5.74, 6) is -4.29. The number of rotatable bonds is 1. The van der Waals surface area contributed by atoms with Gasteiger partial charge in [-0.05, 0) is 6.42 Å². The molecule has 3 rings (SSSR count). The van der Waals surface area contributed by atoms with Gasteiger partial charge in [0.15, 0.2) is 0 Å². The van der Waals surface area contributed by atoms with Crippen molar-refractivity contribution in [2.24, 2.45) is 5.41 Å². The summed E-state index contributed by atoms with van der Waals surface area (Å²) in [6.45, 7) is -0.474. The van der Waals surface area contributed by atoms with E-state index in [0.29, 0.717) is 6.54 Å².